The van der Waals surface area contributed by atoms with Gasteiger partial charge in [0.25, 0.3) is 5.91 Å². The molecule has 1 unspecified atom stereocenters. The number of benzene rings is 1. The smallest absolute Gasteiger partial charge is 0.255 e. The van der Waals surface area contributed by atoms with E-state index in [0.29, 0.717) is 12.6 Å². The number of carbonyl (C=O) groups is 1. The molecule has 1 aromatic heterocycles. The summed E-state index contributed by atoms with van der Waals surface area (Å²) in [5, 5.41) is 2.97. The largest absolute Gasteiger partial charge is 0.368 e. The van der Waals surface area contributed by atoms with E-state index in [1.807, 2.05) is 24.3 Å². The van der Waals surface area contributed by atoms with Gasteiger partial charge in [0.1, 0.15) is 6.10 Å². The summed E-state index contributed by atoms with van der Waals surface area (Å²) >= 11 is 0. The van der Waals surface area contributed by atoms with Crippen molar-refractivity contribution in [2.45, 2.75) is 39.3 Å². The molecule has 1 aliphatic rings. The van der Waals surface area contributed by atoms with E-state index in [9.17, 15) is 4.79 Å². The molecule has 1 aromatic carbocycles. The summed E-state index contributed by atoms with van der Waals surface area (Å²) in [6, 6.07) is 8.00. The summed E-state index contributed by atoms with van der Waals surface area (Å²) in [5.41, 5.74) is 1.95. The molecule has 6 nitrogen and oxygen atoms in total. The van der Waals surface area contributed by atoms with E-state index in [-0.39, 0.29) is 12.0 Å². The predicted molar refractivity (Wildman–Crippen MR) is 95.1 cm³/mol. The zero-order valence-corrected chi connectivity index (χ0v) is 14.5. The molecular weight excluding hydrogens is 304 g/mol. The number of hydrogen-bond donors (Lipinski definition) is 1. The maximum Gasteiger partial charge on any atom is 0.255 e. The predicted octanol–water partition coefficient (Wildman–Crippen LogP) is 2.50. The molecule has 0 radical (unpaired) electrons. The second kappa shape index (κ2) is 7.77. The highest BCUT2D eigenvalue weighted by molar-refractivity contribution is 5.94. The van der Waals surface area contributed by atoms with E-state index >= 15 is 0 Å². The maximum absolute atomic E-state index is 12.4. The zero-order valence-electron chi connectivity index (χ0n) is 14.5. The fourth-order valence-electron chi connectivity index (χ4n) is 3.15. The number of nitrogens with one attached hydrogen (secondary N) is 1. The number of para-hydroxylation sites is 2. The van der Waals surface area contributed by atoms with Crippen LogP contribution in [0, 0.1) is 0 Å². The normalized spacial score (nSPS) is 17.7. The lowest BCUT2D eigenvalue weighted by molar-refractivity contribution is -0.124. The van der Waals surface area contributed by atoms with Crippen LogP contribution in [0.3, 0.4) is 0 Å². The summed E-state index contributed by atoms with van der Waals surface area (Å²) in [6.07, 6.45) is 1.38. The minimum Gasteiger partial charge on any atom is -0.368 e. The Balaban J connectivity index is 1.82. The molecule has 6 heteroatoms. The fraction of sp³-hybridized carbons (Fsp3) is 0.556. The minimum absolute atomic E-state index is 0.0908. The van der Waals surface area contributed by atoms with Crippen molar-refractivity contribution in [3.8, 4) is 0 Å². The third-order valence-corrected chi connectivity index (χ3v) is 4.65. The molecule has 0 bridgehead atoms. The van der Waals surface area contributed by atoms with Crippen LogP contribution >= 0.6 is 0 Å². The molecule has 2 aromatic rings. The molecular formula is C18H26N4O2. The molecule has 0 aliphatic carbocycles. The molecule has 24 heavy (non-hydrogen) atoms. The van der Waals surface area contributed by atoms with Gasteiger partial charge in [-0.25, -0.2) is 4.98 Å². The quantitative estimate of drug-likeness (QED) is 0.847. The van der Waals surface area contributed by atoms with Gasteiger partial charge in [-0.3, -0.25) is 10.1 Å². The van der Waals surface area contributed by atoms with Gasteiger partial charge in [0.05, 0.1) is 11.0 Å². The van der Waals surface area contributed by atoms with Crippen LogP contribution in [-0.4, -0.2) is 52.7 Å². The SMILES string of the molecule is CCN(CC)CCn1c(NC(=O)C2CCCO2)nc2ccccc21. The van der Waals surface area contributed by atoms with Gasteiger partial charge in [-0.1, -0.05) is 26.0 Å². The average molecular weight is 330 g/mol. The van der Waals surface area contributed by atoms with Crippen molar-refractivity contribution in [2.75, 3.05) is 31.6 Å². The Bertz CT molecular complexity index is 687. The first-order valence-corrected chi connectivity index (χ1v) is 8.83. The first kappa shape index (κ1) is 16.9. The molecule has 1 N–H and O–H groups in total. The Morgan fingerprint density at radius 2 is 2.17 bits per heavy atom. The van der Waals surface area contributed by atoms with Gasteiger partial charge in [-0.05, 0) is 38.1 Å². The van der Waals surface area contributed by atoms with Gasteiger partial charge >= 0.3 is 0 Å². The molecule has 1 atom stereocenters. The molecule has 130 valence electrons. The first-order valence-electron chi connectivity index (χ1n) is 8.83. The van der Waals surface area contributed by atoms with Crippen LogP contribution in [0.25, 0.3) is 11.0 Å². The van der Waals surface area contributed by atoms with E-state index in [4.69, 9.17) is 4.74 Å². The number of amides is 1. The molecule has 1 saturated heterocycles. The number of rotatable bonds is 7. The van der Waals surface area contributed by atoms with Crippen LogP contribution in [0.15, 0.2) is 24.3 Å². The number of carbonyl (C=O) groups excluding carboxylic acids is 1. The standard InChI is InChI=1S/C18H26N4O2/c1-3-21(4-2)11-12-22-15-9-6-5-8-14(15)19-18(22)20-17(23)16-10-7-13-24-16/h5-6,8-9,16H,3-4,7,10-13H2,1-2H3,(H,19,20,23). The molecule has 0 saturated carbocycles. The van der Waals surface area contributed by atoms with E-state index < -0.39 is 0 Å². The van der Waals surface area contributed by atoms with Crippen molar-refractivity contribution < 1.29 is 9.53 Å². The maximum atomic E-state index is 12.4. The second-order valence-corrected chi connectivity index (χ2v) is 6.09. The minimum atomic E-state index is -0.346. The van der Waals surface area contributed by atoms with Gasteiger partial charge in [-0.15, -0.1) is 0 Å². The third kappa shape index (κ3) is 3.60. The number of nitrogens with zero attached hydrogens (tertiary/aromatic N) is 3. The van der Waals surface area contributed by atoms with Gasteiger partial charge in [0.15, 0.2) is 0 Å². The molecule has 0 spiro atoms. The third-order valence-electron chi connectivity index (χ3n) is 4.65. The highest BCUT2D eigenvalue weighted by Gasteiger charge is 2.25. The molecule has 1 aliphatic heterocycles. The number of hydrogen-bond acceptors (Lipinski definition) is 4. The second-order valence-electron chi connectivity index (χ2n) is 6.09. The Kier molecular flexibility index (Phi) is 5.48. The Labute approximate surface area is 142 Å². The highest BCUT2D eigenvalue weighted by Crippen LogP contribution is 2.21. The van der Waals surface area contributed by atoms with E-state index in [1.165, 1.54) is 0 Å². The van der Waals surface area contributed by atoms with Crippen molar-refractivity contribution in [2.24, 2.45) is 0 Å². The first-order chi connectivity index (χ1) is 11.7. The Hall–Kier alpha value is -1.92. The van der Waals surface area contributed by atoms with Crippen molar-refractivity contribution >= 4 is 22.9 Å². The van der Waals surface area contributed by atoms with Crippen LogP contribution in [0.5, 0.6) is 0 Å². The van der Waals surface area contributed by atoms with Crippen molar-refractivity contribution in [1.29, 1.82) is 0 Å². The number of ether oxygens (including phenoxy) is 1. The van der Waals surface area contributed by atoms with Crippen LogP contribution in [0.4, 0.5) is 5.95 Å². The van der Waals surface area contributed by atoms with E-state index in [0.717, 1.165) is 50.1 Å². The number of imidazole rings is 1. The topological polar surface area (TPSA) is 59.4 Å². The van der Waals surface area contributed by atoms with Crippen molar-refractivity contribution in [1.82, 2.24) is 14.5 Å². The summed E-state index contributed by atoms with van der Waals surface area (Å²) < 4.78 is 7.57. The summed E-state index contributed by atoms with van der Waals surface area (Å²) in [7, 11) is 0. The number of fused-ring (bicyclic) bond motifs is 1. The number of anilines is 1. The lowest BCUT2D eigenvalue weighted by Gasteiger charge is -2.19. The summed E-state index contributed by atoms with van der Waals surface area (Å²) in [4.78, 5) is 19.4. The fourth-order valence-corrected chi connectivity index (χ4v) is 3.15. The van der Waals surface area contributed by atoms with E-state index in [1.54, 1.807) is 0 Å². The van der Waals surface area contributed by atoms with Gasteiger partial charge in [-0.2, -0.15) is 0 Å². The average Bonchev–Trinajstić information content (AvgIpc) is 3.24. The Morgan fingerprint density at radius 1 is 1.38 bits per heavy atom. The van der Waals surface area contributed by atoms with Crippen molar-refractivity contribution in [3.63, 3.8) is 0 Å². The van der Waals surface area contributed by atoms with Crippen LogP contribution in [0.2, 0.25) is 0 Å². The lowest BCUT2D eigenvalue weighted by atomic mass is 10.2. The Morgan fingerprint density at radius 3 is 2.88 bits per heavy atom. The summed E-state index contributed by atoms with van der Waals surface area (Å²) in [6.45, 7) is 8.74. The summed E-state index contributed by atoms with van der Waals surface area (Å²) in [5.74, 6) is 0.524. The van der Waals surface area contributed by atoms with Crippen LogP contribution in [0.1, 0.15) is 26.7 Å². The lowest BCUT2D eigenvalue weighted by Crippen LogP contribution is -2.30. The van der Waals surface area contributed by atoms with Crippen molar-refractivity contribution in [3.05, 3.63) is 24.3 Å². The van der Waals surface area contributed by atoms with Crippen LogP contribution in [-0.2, 0) is 16.1 Å². The van der Waals surface area contributed by atoms with E-state index in [2.05, 4.69) is 33.6 Å². The monoisotopic (exact) mass is 330 g/mol. The molecule has 1 fully saturated rings. The van der Waals surface area contributed by atoms with Gasteiger partial charge < -0.3 is 14.2 Å². The highest BCUT2D eigenvalue weighted by atomic mass is 16.5. The van der Waals surface area contributed by atoms with Crippen LogP contribution < -0.4 is 5.32 Å². The number of likely N-dealkylation sites (N-methyl/N-ethyl adjacent to an activating group) is 1. The molecule has 1 amide bonds. The zero-order chi connectivity index (χ0) is 16.9. The van der Waals surface area contributed by atoms with Gasteiger partial charge in [0, 0.05) is 19.7 Å². The molecule has 2 heterocycles. The number of aromatic nitrogens is 2. The van der Waals surface area contributed by atoms with Gasteiger partial charge in [0.2, 0.25) is 5.95 Å². The molecule has 3 rings (SSSR count).